The zero-order chi connectivity index (χ0) is 16.8. The minimum Gasteiger partial charge on any atom is -0.388 e. The molecule has 23 heavy (non-hydrogen) atoms. The molecule has 122 valence electrons. The zero-order valence-electron chi connectivity index (χ0n) is 12.6. The number of aliphatic hydroxyl groups excluding tert-OH is 1. The SMILES string of the molecule is CC(CC(O)c1ccccc1)NC(=O)Nc1ccc(F)cc1Cl. The van der Waals surface area contributed by atoms with Gasteiger partial charge < -0.3 is 15.7 Å². The van der Waals surface area contributed by atoms with E-state index in [4.69, 9.17) is 11.6 Å². The molecule has 2 atom stereocenters. The van der Waals surface area contributed by atoms with Gasteiger partial charge in [0.05, 0.1) is 16.8 Å². The minimum atomic E-state index is -0.666. The maximum atomic E-state index is 13.0. The van der Waals surface area contributed by atoms with Gasteiger partial charge in [-0.2, -0.15) is 0 Å². The van der Waals surface area contributed by atoms with Gasteiger partial charge in [-0.05, 0) is 37.1 Å². The Hall–Kier alpha value is -2.11. The maximum absolute atomic E-state index is 13.0. The number of rotatable bonds is 5. The van der Waals surface area contributed by atoms with Crippen molar-refractivity contribution in [1.29, 1.82) is 0 Å². The van der Waals surface area contributed by atoms with Gasteiger partial charge in [-0.1, -0.05) is 41.9 Å². The van der Waals surface area contributed by atoms with Crippen molar-refractivity contribution in [3.05, 3.63) is 64.9 Å². The summed E-state index contributed by atoms with van der Waals surface area (Å²) in [6.45, 7) is 1.79. The lowest BCUT2D eigenvalue weighted by Crippen LogP contribution is -2.37. The molecule has 0 aliphatic heterocycles. The molecule has 0 saturated heterocycles. The second-order valence-corrected chi connectivity index (χ2v) is 5.69. The molecule has 0 aliphatic carbocycles. The van der Waals surface area contributed by atoms with Crippen LogP contribution < -0.4 is 10.6 Å². The second kappa shape index (κ2) is 7.94. The Balaban J connectivity index is 1.87. The fourth-order valence-electron chi connectivity index (χ4n) is 2.18. The molecule has 2 amide bonds. The highest BCUT2D eigenvalue weighted by atomic mass is 35.5. The van der Waals surface area contributed by atoms with Crippen LogP contribution >= 0.6 is 11.6 Å². The largest absolute Gasteiger partial charge is 0.388 e. The van der Waals surface area contributed by atoms with Crippen molar-refractivity contribution in [3.8, 4) is 0 Å². The highest BCUT2D eigenvalue weighted by Crippen LogP contribution is 2.22. The zero-order valence-corrected chi connectivity index (χ0v) is 13.3. The molecule has 0 spiro atoms. The van der Waals surface area contributed by atoms with Crippen LogP contribution in [0, 0.1) is 5.82 Å². The van der Waals surface area contributed by atoms with Crippen LogP contribution in [-0.4, -0.2) is 17.2 Å². The molecule has 2 rings (SSSR count). The third-order valence-electron chi connectivity index (χ3n) is 3.32. The molecule has 0 radical (unpaired) electrons. The Morgan fingerprint density at radius 1 is 1.26 bits per heavy atom. The third kappa shape index (κ3) is 5.23. The minimum absolute atomic E-state index is 0.122. The summed E-state index contributed by atoms with van der Waals surface area (Å²) in [5, 5.41) is 15.5. The monoisotopic (exact) mass is 336 g/mol. The number of carbonyl (C=O) groups excluding carboxylic acids is 1. The number of urea groups is 1. The van der Waals surface area contributed by atoms with E-state index in [1.54, 1.807) is 6.92 Å². The molecule has 0 saturated carbocycles. The van der Waals surface area contributed by atoms with Crippen LogP contribution in [0.3, 0.4) is 0 Å². The van der Waals surface area contributed by atoms with Crippen molar-refractivity contribution in [1.82, 2.24) is 5.32 Å². The summed E-state index contributed by atoms with van der Waals surface area (Å²) in [6, 6.07) is 12.2. The van der Waals surface area contributed by atoms with Crippen LogP contribution in [0.4, 0.5) is 14.9 Å². The smallest absolute Gasteiger partial charge is 0.319 e. The lowest BCUT2D eigenvalue weighted by atomic mass is 10.0. The molecule has 0 aliphatic rings. The number of nitrogens with one attached hydrogen (secondary N) is 2. The van der Waals surface area contributed by atoms with Crippen LogP contribution in [0.5, 0.6) is 0 Å². The molecule has 4 nitrogen and oxygen atoms in total. The van der Waals surface area contributed by atoms with E-state index < -0.39 is 18.0 Å². The number of anilines is 1. The summed E-state index contributed by atoms with van der Waals surface area (Å²) >= 11 is 5.85. The van der Waals surface area contributed by atoms with Gasteiger partial charge in [0.2, 0.25) is 0 Å². The van der Waals surface area contributed by atoms with Crippen molar-refractivity contribution in [3.63, 3.8) is 0 Å². The molecule has 3 N–H and O–H groups in total. The van der Waals surface area contributed by atoms with Crippen LogP contribution in [0.15, 0.2) is 48.5 Å². The van der Waals surface area contributed by atoms with E-state index in [2.05, 4.69) is 10.6 Å². The predicted molar refractivity (Wildman–Crippen MR) is 89.0 cm³/mol. The van der Waals surface area contributed by atoms with Gasteiger partial charge in [-0.25, -0.2) is 9.18 Å². The van der Waals surface area contributed by atoms with E-state index in [9.17, 15) is 14.3 Å². The van der Waals surface area contributed by atoms with Gasteiger partial charge in [0.25, 0.3) is 0 Å². The molecule has 0 heterocycles. The summed E-state index contributed by atoms with van der Waals surface area (Å²) in [5.41, 5.74) is 1.12. The molecular weight excluding hydrogens is 319 g/mol. The number of aliphatic hydroxyl groups is 1. The van der Waals surface area contributed by atoms with Crippen molar-refractivity contribution in [2.75, 3.05) is 5.32 Å². The van der Waals surface area contributed by atoms with Gasteiger partial charge >= 0.3 is 6.03 Å². The van der Waals surface area contributed by atoms with E-state index in [-0.39, 0.29) is 11.1 Å². The molecule has 2 aromatic carbocycles. The molecule has 0 aromatic heterocycles. The highest BCUT2D eigenvalue weighted by molar-refractivity contribution is 6.33. The number of hydrogen-bond donors (Lipinski definition) is 3. The lowest BCUT2D eigenvalue weighted by Gasteiger charge is -2.18. The molecule has 2 unspecified atom stereocenters. The van der Waals surface area contributed by atoms with Crippen molar-refractivity contribution in [2.45, 2.75) is 25.5 Å². The van der Waals surface area contributed by atoms with Gasteiger partial charge in [-0.15, -0.1) is 0 Å². The van der Waals surface area contributed by atoms with E-state index in [1.807, 2.05) is 30.3 Å². The predicted octanol–water partition coefficient (Wildman–Crippen LogP) is 4.11. The number of halogens is 2. The molecule has 0 bridgehead atoms. The van der Waals surface area contributed by atoms with Crippen molar-refractivity contribution < 1.29 is 14.3 Å². The Bertz CT molecular complexity index is 667. The Kier molecular flexibility index (Phi) is 5.96. The van der Waals surface area contributed by atoms with Gasteiger partial charge in [0.15, 0.2) is 0 Å². The van der Waals surface area contributed by atoms with Crippen molar-refractivity contribution >= 4 is 23.3 Å². The Labute approximate surface area is 139 Å². The molecule has 0 fully saturated rings. The quantitative estimate of drug-likeness (QED) is 0.769. The second-order valence-electron chi connectivity index (χ2n) is 5.29. The Morgan fingerprint density at radius 2 is 1.96 bits per heavy atom. The Morgan fingerprint density at radius 3 is 2.61 bits per heavy atom. The summed E-state index contributed by atoms with van der Waals surface area (Å²) in [6.07, 6.45) is -0.296. The lowest BCUT2D eigenvalue weighted by molar-refractivity contribution is 0.155. The fourth-order valence-corrected chi connectivity index (χ4v) is 2.39. The number of benzene rings is 2. The molecule has 6 heteroatoms. The van der Waals surface area contributed by atoms with Gasteiger partial charge in [0, 0.05) is 6.04 Å². The summed E-state index contributed by atoms with van der Waals surface area (Å²) in [4.78, 5) is 11.9. The van der Waals surface area contributed by atoms with Crippen LogP contribution in [0.1, 0.15) is 25.0 Å². The summed E-state index contributed by atoms with van der Waals surface area (Å²) < 4.78 is 13.0. The first-order valence-corrected chi connectivity index (χ1v) is 7.59. The summed E-state index contributed by atoms with van der Waals surface area (Å²) in [5.74, 6) is -0.472. The summed E-state index contributed by atoms with van der Waals surface area (Å²) in [7, 11) is 0. The number of amides is 2. The van der Waals surface area contributed by atoms with E-state index >= 15 is 0 Å². The van der Waals surface area contributed by atoms with Gasteiger partial charge in [0.1, 0.15) is 5.82 Å². The fraction of sp³-hybridized carbons (Fsp3) is 0.235. The number of carbonyl (C=O) groups is 1. The standard InChI is InChI=1S/C17H18ClFN2O2/c1-11(9-16(22)12-5-3-2-4-6-12)20-17(23)21-15-8-7-13(19)10-14(15)18/h2-8,10-11,16,22H,9H2,1H3,(H2,20,21,23). The highest BCUT2D eigenvalue weighted by Gasteiger charge is 2.15. The topological polar surface area (TPSA) is 61.4 Å². The van der Waals surface area contributed by atoms with E-state index in [0.717, 1.165) is 11.6 Å². The average Bonchev–Trinajstić information content (AvgIpc) is 2.50. The molecule has 2 aromatic rings. The normalized spacial score (nSPS) is 13.2. The molecular formula is C17H18ClFN2O2. The third-order valence-corrected chi connectivity index (χ3v) is 3.63. The van der Waals surface area contributed by atoms with Gasteiger partial charge in [-0.3, -0.25) is 0 Å². The van der Waals surface area contributed by atoms with Crippen LogP contribution in [0.25, 0.3) is 0 Å². The number of hydrogen-bond acceptors (Lipinski definition) is 2. The van der Waals surface area contributed by atoms with E-state index in [1.165, 1.54) is 12.1 Å². The maximum Gasteiger partial charge on any atom is 0.319 e. The average molecular weight is 337 g/mol. The first kappa shape index (κ1) is 17.2. The first-order chi connectivity index (χ1) is 11.0. The van der Waals surface area contributed by atoms with Crippen molar-refractivity contribution in [2.24, 2.45) is 0 Å². The van der Waals surface area contributed by atoms with Crippen LogP contribution in [0.2, 0.25) is 5.02 Å². The van der Waals surface area contributed by atoms with E-state index in [0.29, 0.717) is 12.1 Å². The van der Waals surface area contributed by atoms with Crippen LogP contribution in [-0.2, 0) is 0 Å². The first-order valence-electron chi connectivity index (χ1n) is 7.21.